The number of para-hydroxylation sites is 2. The largest absolute Gasteiger partial charge is 0.309 e. The van der Waals surface area contributed by atoms with Gasteiger partial charge in [0.25, 0.3) is 0 Å². The van der Waals surface area contributed by atoms with Gasteiger partial charge in [0.15, 0.2) is 5.82 Å². The fourth-order valence-corrected chi connectivity index (χ4v) is 9.19. The first-order valence-electron chi connectivity index (χ1n) is 21.4. The van der Waals surface area contributed by atoms with E-state index < -0.39 is 0 Å². The molecule has 0 atom stereocenters. The van der Waals surface area contributed by atoms with E-state index in [-0.39, 0.29) is 0 Å². The minimum atomic E-state index is 0.682. The van der Waals surface area contributed by atoms with E-state index >= 15 is 0 Å². The van der Waals surface area contributed by atoms with Crippen molar-refractivity contribution in [2.75, 3.05) is 0 Å². The summed E-state index contributed by atoms with van der Waals surface area (Å²) in [6.07, 6.45) is 0. The molecule has 0 bridgehead atoms. The lowest BCUT2D eigenvalue weighted by Crippen LogP contribution is -1.98. The van der Waals surface area contributed by atoms with Gasteiger partial charge >= 0.3 is 0 Å². The number of fused-ring (bicyclic) bond motifs is 6. The minimum Gasteiger partial charge on any atom is -0.309 e. The van der Waals surface area contributed by atoms with Gasteiger partial charge in [-0.05, 0) is 69.9 Å². The van der Waals surface area contributed by atoms with Crippen LogP contribution in [0.3, 0.4) is 0 Å². The Morgan fingerprint density at radius 3 is 1.48 bits per heavy atom. The molecule has 0 unspecified atom stereocenters. The second kappa shape index (κ2) is 15.2. The average molecular weight is 803 g/mol. The van der Waals surface area contributed by atoms with E-state index in [2.05, 4.69) is 217 Å². The molecule has 0 amide bonds. The molecule has 294 valence electrons. The van der Waals surface area contributed by atoms with Crippen molar-refractivity contribution in [1.82, 2.24) is 19.5 Å². The summed E-state index contributed by atoms with van der Waals surface area (Å²) < 4.78 is 2.35. The zero-order valence-electron chi connectivity index (χ0n) is 34.2. The summed E-state index contributed by atoms with van der Waals surface area (Å²) >= 11 is 0. The van der Waals surface area contributed by atoms with Crippen molar-refractivity contribution in [3.63, 3.8) is 0 Å². The van der Waals surface area contributed by atoms with Gasteiger partial charge in [-0.1, -0.05) is 188 Å². The quantitative estimate of drug-likeness (QED) is 0.151. The van der Waals surface area contributed by atoms with Gasteiger partial charge in [-0.15, -0.1) is 0 Å². The van der Waals surface area contributed by atoms with Gasteiger partial charge in [0.2, 0.25) is 0 Å². The Kier molecular flexibility index (Phi) is 8.79. The first-order valence-corrected chi connectivity index (χ1v) is 21.4. The molecule has 0 N–H and O–H groups in total. The lowest BCUT2D eigenvalue weighted by Gasteiger charge is -2.17. The van der Waals surface area contributed by atoms with E-state index in [1.54, 1.807) is 0 Å². The highest BCUT2D eigenvalue weighted by Gasteiger charge is 2.19. The third-order valence-corrected chi connectivity index (χ3v) is 12.2. The van der Waals surface area contributed by atoms with Crippen LogP contribution in [-0.4, -0.2) is 19.5 Å². The van der Waals surface area contributed by atoms with Crippen molar-refractivity contribution >= 4 is 43.5 Å². The van der Waals surface area contributed by atoms with Crippen molar-refractivity contribution in [3.8, 4) is 73.1 Å². The van der Waals surface area contributed by atoms with Crippen molar-refractivity contribution < 1.29 is 0 Å². The third kappa shape index (κ3) is 6.44. The summed E-state index contributed by atoms with van der Waals surface area (Å²) in [4.78, 5) is 15.9. The molecule has 4 nitrogen and oxygen atoms in total. The lowest BCUT2D eigenvalue weighted by molar-refractivity contribution is 1.16. The molecule has 0 saturated heterocycles. The Labute approximate surface area is 365 Å². The monoisotopic (exact) mass is 802 g/mol. The second-order valence-corrected chi connectivity index (χ2v) is 16.0. The molecule has 0 saturated carbocycles. The fourth-order valence-electron chi connectivity index (χ4n) is 9.19. The Bertz CT molecular complexity index is 3600. The van der Waals surface area contributed by atoms with Gasteiger partial charge in [-0.2, -0.15) is 0 Å². The summed E-state index contributed by atoms with van der Waals surface area (Å²) in [5, 5.41) is 5.97. The molecule has 0 aliphatic carbocycles. The molecule has 4 heteroatoms. The van der Waals surface area contributed by atoms with E-state index in [1.165, 1.54) is 38.1 Å². The molecule has 12 aromatic rings. The van der Waals surface area contributed by atoms with Crippen LogP contribution in [0.4, 0.5) is 0 Å². The van der Waals surface area contributed by atoms with Gasteiger partial charge in [0, 0.05) is 49.7 Å². The predicted molar refractivity (Wildman–Crippen MR) is 262 cm³/mol. The first kappa shape index (κ1) is 36.4. The van der Waals surface area contributed by atoms with Crippen LogP contribution in [-0.2, 0) is 0 Å². The Morgan fingerprint density at radius 2 is 0.794 bits per heavy atom. The molecule has 3 aromatic heterocycles. The molecule has 12 rings (SSSR count). The maximum absolute atomic E-state index is 5.47. The zero-order chi connectivity index (χ0) is 41.7. The SMILES string of the molecule is c1ccc(-c2cc(-c3ccccc3)c3c(n2)c(-c2ccc(-c4cc(-c5cccc(-n6c7ccccc7c7ccccc76)c5)nc(-c5ccccc5)n4)cc2)cc2ccccc23)cc1. The number of rotatable bonds is 7. The first-order chi connectivity index (χ1) is 31.2. The highest BCUT2D eigenvalue weighted by molar-refractivity contribution is 6.18. The topological polar surface area (TPSA) is 43.6 Å². The van der Waals surface area contributed by atoms with Crippen LogP contribution in [0, 0.1) is 0 Å². The number of hydrogen-bond acceptors (Lipinski definition) is 3. The van der Waals surface area contributed by atoms with Gasteiger partial charge in [0.05, 0.1) is 33.6 Å². The summed E-state index contributed by atoms with van der Waals surface area (Å²) in [5.74, 6) is 0.682. The molecule has 63 heavy (non-hydrogen) atoms. The van der Waals surface area contributed by atoms with E-state index in [0.717, 1.165) is 72.6 Å². The Morgan fingerprint density at radius 1 is 0.302 bits per heavy atom. The standard InChI is InChI=1S/C59H38N4/c1-4-17-39(18-5-1)50-37-52(41-19-6-2-7-20-41)60-58-51(36-44-23-10-11-26-47(44)57(50)58)40-31-33-42(34-32-40)53-38-54(62-59(61-53)43-21-8-3-9-22-43)45-24-16-25-46(35-45)63-55-29-14-12-27-48(55)49-28-13-15-30-56(49)63/h1-38H. The number of aromatic nitrogens is 4. The normalized spacial score (nSPS) is 11.5. The summed E-state index contributed by atoms with van der Waals surface area (Å²) in [6, 6.07) is 81.5. The smallest absolute Gasteiger partial charge is 0.160 e. The molecule has 0 spiro atoms. The summed E-state index contributed by atoms with van der Waals surface area (Å²) in [6.45, 7) is 0. The van der Waals surface area contributed by atoms with Crippen LogP contribution < -0.4 is 0 Å². The second-order valence-electron chi connectivity index (χ2n) is 16.0. The highest BCUT2D eigenvalue weighted by atomic mass is 15.0. The van der Waals surface area contributed by atoms with E-state index in [9.17, 15) is 0 Å². The summed E-state index contributed by atoms with van der Waals surface area (Å²) in [5.41, 5.74) is 15.6. The molecule has 9 aromatic carbocycles. The molecular formula is C59H38N4. The third-order valence-electron chi connectivity index (χ3n) is 12.2. The maximum Gasteiger partial charge on any atom is 0.160 e. The van der Waals surface area contributed by atoms with Crippen LogP contribution in [0.1, 0.15) is 0 Å². The number of hydrogen-bond donors (Lipinski definition) is 0. The highest BCUT2D eigenvalue weighted by Crippen LogP contribution is 2.42. The molecule has 0 aliphatic rings. The van der Waals surface area contributed by atoms with Crippen molar-refractivity contribution in [2.45, 2.75) is 0 Å². The summed E-state index contributed by atoms with van der Waals surface area (Å²) in [7, 11) is 0. The number of pyridine rings is 1. The minimum absolute atomic E-state index is 0.682. The number of benzene rings is 9. The van der Waals surface area contributed by atoms with E-state index in [0.29, 0.717) is 5.82 Å². The molecule has 0 aliphatic heterocycles. The maximum atomic E-state index is 5.47. The van der Waals surface area contributed by atoms with Crippen LogP contribution in [0.25, 0.3) is 117 Å². The molecule has 3 heterocycles. The average Bonchev–Trinajstić information content (AvgIpc) is 3.71. The van der Waals surface area contributed by atoms with Crippen molar-refractivity contribution in [1.29, 1.82) is 0 Å². The van der Waals surface area contributed by atoms with E-state index in [4.69, 9.17) is 15.0 Å². The van der Waals surface area contributed by atoms with Gasteiger partial charge in [0.1, 0.15) is 0 Å². The van der Waals surface area contributed by atoms with Gasteiger partial charge in [-0.3, -0.25) is 0 Å². The Balaban J connectivity index is 1.01. The number of nitrogens with zero attached hydrogens (tertiary/aromatic N) is 4. The molecule has 0 radical (unpaired) electrons. The van der Waals surface area contributed by atoms with Gasteiger partial charge in [-0.25, -0.2) is 15.0 Å². The zero-order valence-corrected chi connectivity index (χ0v) is 34.2. The van der Waals surface area contributed by atoms with Gasteiger partial charge < -0.3 is 4.57 Å². The predicted octanol–water partition coefficient (Wildman–Crippen LogP) is 15.3. The van der Waals surface area contributed by atoms with E-state index in [1.807, 2.05) is 18.2 Å². The van der Waals surface area contributed by atoms with Crippen LogP contribution >= 0.6 is 0 Å². The molecule has 0 fully saturated rings. The molecular weight excluding hydrogens is 765 g/mol. The van der Waals surface area contributed by atoms with Crippen LogP contribution in [0.15, 0.2) is 231 Å². The lowest BCUT2D eigenvalue weighted by atomic mass is 9.90. The van der Waals surface area contributed by atoms with Crippen LogP contribution in [0.5, 0.6) is 0 Å². The van der Waals surface area contributed by atoms with Crippen molar-refractivity contribution in [3.05, 3.63) is 231 Å². The van der Waals surface area contributed by atoms with Crippen LogP contribution in [0.2, 0.25) is 0 Å². The van der Waals surface area contributed by atoms with Crippen molar-refractivity contribution in [2.24, 2.45) is 0 Å². The fraction of sp³-hybridized carbons (Fsp3) is 0. The Hall–Kier alpha value is -8.47.